The van der Waals surface area contributed by atoms with Gasteiger partial charge in [-0.1, -0.05) is 43.2 Å². The fourth-order valence-corrected chi connectivity index (χ4v) is 2.84. The summed E-state index contributed by atoms with van der Waals surface area (Å²) in [4.78, 5) is 23.7. The number of allylic oxidation sites excluding steroid dienone is 4. The summed E-state index contributed by atoms with van der Waals surface area (Å²) in [6, 6.07) is 0. The second-order valence-corrected chi connectivity index (χ2v) is 5.13. The number of esters is 1. The molecule has 4 nitrogen and oxygen atoms in total. The van der Waals surface area contributed by atoms with Crippen LogP contribution in [0.4, 0.5) is 0 Å². The van der Waals surface area contributed by atoms with Gasteiger partial charge in [0.1, 0.15) is 5.76 Å². The molecular formula is C14H16ClNO3. The van der Waals surface area contributed by atoms with E-state index in [0.717, 1.165) is 6.42 Å². The molecule has 1 saturated heterocycles. The van der Waals surface area contributed by atoms with E-state index in [9.17, 15) is 9.59 Å². The van der Waals surface area contributed by atoms with Crippen LogP contribution < -0.4 is 5.32 Å². The lowest BCUT2D eigenvalue weighted by Crippen LogP contribution is -2.55. The van der Waals surface area contributed by atoms with Gasteiger partial charge < -0.3 is 10.1 Å². The Hall–Kier alpha value is -1.55. The molecule has 1 N–H and O–H groups in total. The molecule has 5 heteroatoms. The van der Waals surface area contributed by atoms with Crippen molar-refractivity contribution in [2.45, 2.75) is 32.2 Å². The van der Waals surface area contributed by atoms with Gasteiger partial charge in [0.15, 0.2) is 5.54 Å². The zero-order chi connectivity index (χ0) is 14.0. The van der Waals surface area contributed by atoms with Crippen LogP contribution in [0, 0.1) is 5.92 Å². The molecule has 0 aromatic rings. The average molecular weight is 282 g/mol. The molecule has 0 aromatic heterocycles. The minimum absolute atomic E-state index is 0.256. The highest BCUT2D eigenvalue weighted by Gasteiger charge is 2.55. The van der Waals surface area contributed by atoms with E-state index in [0.29, 0.717) is 17.2 Å². The maximum Gasteiger partial charge on any atom is 0.338 e. The molecule has 19 heavy (non-hydrogen) atoms. The first-order valence-electron chi connectivity index (χ1n) is 6.27. The third-order valence-electron chi connectivity index (χ3n) is 3.32. The molecular weight excluding hydrogens is 266 g/mol. The number of ether oxygens (including phenoxy) is 1. The number of carbonyl (C=O) groups is 2. The Bertz CT molecular complexity index is 507. The normalized spacial score (nSPS) is 29.0. The predicted octanol–water partition coefficient (Wildman–Crippen LogP) is 2.41. The fraction of sp³-hybridized carbons (Fsp3) is 0.429. The quantitative estimate of drug-likeness (QED) is 0.808. The zero-order valence-electron chi connectivity index (χ0n) is 10.9. The van der Waals surface area contributed by atoms with Gasteiger partial charge in [-0.05, 0) is 12.5 Å². The zero-order valence-corrected chi connectivity index (χ0v) is 11.7. The number of rotatable bonds is 3. The van der Waals surface area contributed by atoms with Gasteiger partial charge in [0.2, 0.25) is 5.91 Å². The summed E-state index contributed by atoms with van der Waals surface area (Å²) < 4.78 is 5.32. The van der Waals surface area contributed by atoms with Gasteiger partial charge in [0.05, 0.1) is 11.0 Å². The van der Waals surface area contributed by atoms with Crippen LogP contribution in [0.2, 0.25) is 0 Å². The second-order valence-electron chi connectivity index (χ2n) is 4.73. The van der Waals surface area contributed by atoms with E-state index in [1.54, 1.807) is 12.2 Å². The molecule has 1 amide bonds. The van der Waals surface area contributed by atoms with Crippen LogP contribution >= 0.6 is 11.6 Å². The van der Waals surface area contributed by atoms with Crippen molar-refractivity contribution < 1.29 is 14.3 Å². The molecule has 2 aliphatic rings. The van der Waals surface area contributed by atoms with Gasteiger partial charge in [0.25, 0.3) is 0 Å². The summed E-state index contributed by atoms with van der Waals surface area (Å²) in [6.07, 6.45) is 8.38. The van der Waals surface area contributed by atoms with E-state index in [1.807, 2.05) is 19.1 Å². The van der Waals surface area contributed by atoms with E-state index < -0.39 is 11.5 Å². The lowest BCUT2D eigenvalue weighted by Gasteiger charge is -2.29. The van der Waals surface area contributed by atoms with E-state index in [4.69, 9.17) is 16.3 Å². The largest absolute Gasteiger partial charge is 0.427 e. The molecule has 1 aliphatic heterocycles. The molecule has 0 aromatic carbocycles. The summed E-state index contributed by atoms with van der Waals surface area (Å²) in [5.74, 6) is -0.638. The molecule has 1 heterocycles. The summed E-state index contributed by atoms with van der Waals surface area (Å²) in [6.45, 7) is 3.35. The van der Waals surface area contributed by atoms with Crippen molar-refractivity contribution >= 4 is 23.5 Å². The minimum atomic E-state index is -1.04. The standard InChI is InChI=1S/C14H16ClNO3/c1-3-8-14(16-9(2)17)10-6-4-5-7-11(15)12(10)19-13(14)18/h4-7,10H,3,8H2,1-2H3,(H,16,17)/t10-,14+/m1/s1. The third-order valence-corrected chi connectivity index (χ3v) is 3.63. The van der Waals surface area contributed by atoms with Crippen molar-refractivity contribution in [1.29, 1.82) is 0 Å². The molecule has 1 fully saturated rings. The van der Waals surface area contributed by atoms with Crippen LogP contribution in [0.1, 0.15) is 26.7 Å². The van der Waals surface area contributed by atoms with Crippen LogP contribution in [0.3, 0.4) is 0 Å². The molecule has 0 radical (unpaired) electrons. The smallest absolute Gasteiger partial charge is 0.338 e. The highest BCUT2D eigenvalue weighted by Crippen LogP contribution is 2.42. The maximum atomic E-state index is 12.3. The van der Waals surface area contributed by atoms with Crippen molar-refractivity contribution in [3.05, 3.63) is 35.1 Å². The number of hydrogen-bond donors (Lipinski definition) is 1. The van der Waals surface area contributed by atoms with E-state index in [-0.39, 0.29) is 11.8 Å². The summed E-state index contributed by atoms with van der Waals surface area (Å²) in [5, 5.41) is 3.16. The summed E-state index contributed by atoms with van der Waals surface area (Å²) >= 11 is 6.11. The van der Waals surface area contributed by atoms with Crippen LogP contribution in [-0.4, -0.2) is 17.4 Å². The Morgan fingerprint density at radius 3 is 2.89 bits per heavy atom. The number of amides is 1. The Balaban J connectivity index is 2.51. The van der Waals surface area contributed by atoms with Crippen molar-refractivity contribution in [1.82, 2.24) is 5.32 Å². The molecule has 0 saturated carbocycles. The van der Waals surface area contributed by atoms with Gasteiger partial charge in [-0.3, -0.25) is 4.79 Å². The van der Waals surface area contributed by atoms with Crippen LogP contribution in [0.15, 0.2) is 35.1 Å². The Labute approximate surface area is 117 Å². The second kappa shape index (κ2) is 5.21. The average Bonchev–Trinajstić information content (AvgIpc) is 2.47. The van der Waals surface area contributed by atoms with E-state index in [2.05, 4.69) is 5.32 Å². The molecule has 2 rings (SSSR count). The van der Waals surface area contributed by atoms with Crippen molar-refractivity contribution in [2.24, 2.45) is 5.92 Å². The van der Waals surface area contributed by atoms with Gasteiger partial charge in [-0.25, -0.2) is 4.79 Å². The summed E-state index contributed by atoms with van der Waals surface area (Å²) in [7, 11) is 0. The van der Waals surface area contributed by atoms with Gasteiger partial charge >= 0.3 is 5.97 Å². The predicted molar refractivity (Wildman–Crippen MR) is 72.2 cm³/mol. The lowest BCUT2D eigenvalue weighted by atomic mass is 9.80. The molecule has 1 aliphatic carbocycles. The fourth-order valence-electron chi connectivity index (χ4n) is 2.61. The monoisotopic (exact) mass is 281 g/mol. The SMILES string of the molecule is CCC[C@@]1(NC(C)=O)C(=O)OC2=C(Cl)C=CC=C[C@H]21. The lowest BCUT2D eigenvalue weighted by molar-refractivity contribution is -0.144. The van der Waals surface area contributed by atoms with Crippen LogP contribution in [0.25, 0.3) is 0 Å². The molecule has 2 atom stereocenters. The first-order chi connectivity index (χ1) is 9.01. The minimum Gasteiger partial charge on any atom is -0.427 e. The number of nitrogens with one attached hydrogen (secondary N) is 1. The van der Waals surface area contributed by atoms with Crippen LogP contribution in [-0.2, 0) is 14.3 Å². The van der Waals surface area contributed by atoms with Gasteiger partial charge in [-0.2, -0.15) is 0 Å². The summed E-state index contributed by atoms with van der Waals surface area (Å²) in [5.41, 5.74) is -1.04. The van der Waals surface area contributed by atoms with Crippen molar-refractivity contribution in [3.8, 4) is 0 Å². The molecule has 0 spiro atoms. The number of fused-ring (bicyclic) bond motifs is 1. The van der Waals surface area contributed by atoms with Gasteiger partial charge in [-0.15, -0.1) is 0 Å². The Morgan fingerprint density at radius 2 is 2.26 bits per heavy atom. The highest BCUT2D eigenvalue weighted by atomic mass is 35.5. The third kappa shape index (κ3) is 2.32. The van der Waals surface area contributed by atoms with Crippen LogP contribution in [0.5, 0.6) is 0 Å². The topological polar surface area (TPSA) is 55.4 Å². The number of hydrogen-bond acceptors (Lipinski definition) is 3. The van der Waals surface area contributed by atoms with Crippen molar-refractivity contribution in [2.75, 3.05) is 0 Å². The van der Waals surface area contributed by atoms with Crippen molar-refractivity contribution in [3.63, 3.8) is 0 Å². The Kier molecular flexibility index (Phi) is 3.80. The van der Waals surface area contributed by atoms with Gasteiger partial charge in [0, 0.05) is 6.92 Å². The first kappa shape index (κ1) is 13.9. The first-order valence-corrected chi connectivity index (χ1v) is 6.64. The number of carbonyl (C=O) groups excluding carboxylic acids is 2. The number of halogens is 1. The molecule has 102 valence electrons. The molecule has 0 bridgehead atoms. The van der Waals surface area contributed by atoms with E-state index >= 15 is 0 Å². The Morgan fingerprint density at radius 1 is 1.53 bits per heavy atom. The maximum absolute atomic E-state index is 12.3. The highest BCUT2D eigenvalue weighted by molar-refractivity contribution is 6.31. The van der Waals surface area contributed by atoms with E-state index in [1.165, 1.54) is 6.92 Å². The molecule has 0 unspecified atom stereocenters.